The van der Waals surface area contributed by atoms with Crippen molar-refractivity contribution in [3.8, 4) is 0 Å². The summed E-state index contributed by atoms with van der Waals surface area (Å²) >= 11 is 1.62. The van der Waals surface area contributed by atoms with Crippen molar-refractivity contribution in [1.82, 2.24) is 4.98 Å². The van der Waals surface area contributed by atoms with Crippen LogP contribution in [-0.4, -0.2) is 4.98 Å². The van der Waals surface area contributed by atoms with Crippen LogP contribution in [0.1, 0.15) is 11.3 Å². The van der Waals surface area contributed by atoms with Gasteiger partial charge in [-0.2, -0.15) is 0 Å². The summed E-state index contributed by atoms with van der Waals surface area (Å²) in [4.78, 5) is 5.52. The second-order valence-electron chi connectivity index (χ2n) is 3.26. The maximum Gasteiger partial charge on any atom is 0.124 e. The summed E-state index contributed by atoms with van der Waals surface area (Å²) in [5.74, 6) is 0. The van der Waals surface area contributed by atoms with Gasteiger partial charge in [0.05, 0.1) is 0 Å². The SMILES string of the molecule is C=c1sc2nc(C)cc(C)c2c1=C. The van der Waals surface area contributed by atoms with Crippen molar-refractivity contribution in [3.63, 3.8) is 0 Å². The Bertz CT molecular complexity index is 566. The van der Waals surface area contributed by atoms with Crippen molar-refractivity contribution in [1.29, 1.82) is 0 Å². The molecule has 2 aromatic rings. The molecule has 0 unspecified atom stereocenters. The van der Waals surface area contributed by atoms with E-state index in [1.807, 2.05) is 6.92 Å². The van der Waals surface area contributed by atoms with Gasteiger partial charge in [0.15, 0.2) is 0 Å². The lowest BCUT2D eigenvalue weighted by Crippen LogP contribution is -2.14. The number of aryl methyl sites for hydroxylation is 2. The number of hydrogen-bond donors (Lipinski definition) is 0. The predicted octanol–water partition coefficient (Wildman–Crippen LogP) is 1.73. The molecule has 66 valence electrons. The van der Waals surface area contributed by atoms with Crippen LogP contribution in [0.4, 0.5) is 0 Å². The predicted molar refractivity (Wildman–Crippen MR) is 59.4 cm³/mol. The van der Waals surface area contributed by atoms with Gasteiger partial charge in [-0.05, 0) is 30.7 Å². The van der Waals surface area contributed by atoms with Crippen LogP contribution in [0, 0.1) is 13.8 Å². The van der Waals surface area contributed by atoms with Crippen molar-refractivity contribution in [2.24, 2.45) is 0 Å². The van der Waals surface area contributed by atoms with Crippen molar-refractivity contribution < 1.29 is 0 Å². The fourth-order valence-electron chi connectivity index (χ4n) is 1.56. The van der Waals surface area contributed by atoms with Crippen LogP contribution >= 0.6 is 11.3 Å². The molecule has 0 radical (unpaired) electrons. The normalized spacial score (nSPS) is 10.9. The molecule has 0 bridgehead atoms. The highest BCUT2D eigenvalue weighted by atomic mass is 32.1. The zero-order valence-corrected chi connectivity index (χ0v) is 8.66. The van der Waals surface area contributed by atoms with Crippen molar-refractivity contribution in [2.45, 2.75) is 13.8 Å². The third-order valence-electron chi connectivity index (χ3n) is 2.17. The van der Waals surface area contributed by atoms with E-state index in [1.165, 1.54) is 10.9 Å². The Kier molecular flexibility index (Phi) is 1.74. The van der Waals surface area contributed by atoms with E-state index in [0.717, 1.165) is 20.3 Å². The molecule has 2 heterocycles. The zero-order valence-electron chi connectivity index (χ0n) is 7.85. The molecule has 0 fully saturated rings. The molecule has 0 aromatic carbocycles. The van der Waals surface area contributed by atoms with Crippen LogP contribution in [0.2, 0.25) is 0 Å². The molecule has 0 aliphatic carbocycles. The molecule has 0 N–H and O–H groups in total. The Morgan fingerprint density at radius 1 is 1.31 bits per heavy atom. The van der Waals surface area contributed by atoms with Crippen molar-refractivity contribution in [3.05, 3.63) is 27.1 Å². The Morgan fingerprint density at radius 2 is 2.00 bits per heavy atom. The van der Waals surface area contributed by atoms with E-state index in [2.05, 4.69) is 31.1 Å². The Hall–Kier alpha value is -1.15. The maximum absolute atomic E-state index is 4.46. The Labute approximate surface area is 81.1 Å². The average molecular weight is 189 g/mol. The first-order chi connectivity index (χ1) is 6.09. The molecule has 0 spiro atoms. The van der Waals surface area contributed by atoms with Gasteiger partial charge in [-0.3, -0.25) is 0 Å². The third-order valence-corrected chi connectivity index (χ3v) is 3.15. The number of pyridine rings is 1. The van der Waals surface area contributed by atoms with Gasteiger partial charge in [0.25, 0.3) is 0 Å². The molecule has 2 aromatic heterocycles. The zero-order chi connectivity index (χ0) is 9.59. The molecule has 2 heteroatoms. The van der Waals surface area contributed by atoms with E-state index in [0.29, 0.717) is 0 Å². The van der Waals surface area contributed by atoms with Gasteiger partial charge in [-0.15, -0.1) is 11.3 Å². The first-order valence-corrected chi connectivity index (χ1v) is 4.96. The highest BCUT2D eigenvalue weighted by molar-refractivity contribution is 7.16. The molecule has 0 aliphatic rings. The van der Waals surface area contributed by atoms with Gasteiger partial charge in [0, 0.05) is 15.6 Å². The van der Waals surface area contributed by atoms with Crippen LogP contribution in [0.5, 0.6) is 0 Å². The van der Waals surface area contributed by atoms with Gasteiger partial charge >= 0.3 is 0 Å². The minimum atomic E-state index is 1.02. The summed E-state index contributed by atoms with van der Waals surface area (Å²) in [5, 5.41) is 2.21. The molecule has 2 rings (SSSR count). The lowest BCUT2D eigenvalue weighted by atomic mass is 10.1. The topological polar surface area (TPSA) is 12.9 Å². The number of nitrogens with zero attached hydrogens (tertiary/aromatic N) is 1. The first kappa shape index (κ1) is 8.45. The summed E-state index contributed by atoms with van der Waals surface area (Å²) in [6.45, 7) is 12.1. The molecule has 0 saturated carbocycles. The molecule has 0 saturated heterocycles. The Morgan fingerprint density at radius 3 is 2.69 bits per heavy atom. The minimum absolute atomic E-state index is 1.02. The molecule has 0 aliphatic heterocycles. The number of rotatable bonds is 0. The van der Waals surface area contributed by atoms with Crippen molar-refractivity contribution >= 4 is 34.7 Å². The van der Waals surface area contributed by atoms with E-state index >= 15 is 0 Å². The monoisotopic (exact) mass is 189 g/mol. The van der Waals surface area contributed by atoms with E-state index in [1.54, 1.807) is 11.3 Å². The van der Waals surface area contributed by atoms with Gasteiger partial charge in [0.2, 0.25) is 0 Å². The highest BCUT2D eigenvalue weighted by Crippen LogP contribution is 2.15. The lowest BCUT2D eigenvalue weighted by molar-refractivity contribution is 1.25. The van der Waals surface area contributed by atoms with Crippen LogP contribution in [0.25, 0.3) is 23.4 Å². The number of fused-ring (bicyclic) bond motifs is 1. The fraction of sp³-hybridized carbons (Fsp3) is 0.182. The lowest BCUT2D eigenvalue weighted by Gasteiger charge is -1.97. The van der Waals surface area contributed by atoms with Gasteiger partial charge in [-0.25, -0.2) is 4.98 Å². The number of thiophene rings is 1. The molecular weight excluding hydrogens is 178 g/mol. The fourth-order valence-corrected chi connectivity index (χ4v) is 2.60. The smallest absolute Gasteiger partial charge is 0.124 e. The van der Waals surface area contributed by atoms with Gasteiger partial charge in [0.1, 0.15) is 4.83 Å². The second kappa shape index (κ2) is 2.67. The summed E-state index contributed by atoms with van der Waals surface area (Å²) < 4.78 is 1.02. The summed E-state index contributed by atoms with van der Waals surface area (Å²) in [7, 11) is 0. The van der Waals surface area contributed by atoms with E-state index < -0.39 is 0 Å². The summed E-state index contributed by atoms with van der Waals surface area (Å²) in [6.07, 6.45) is 0. The summed E-state index contributed by atoms with van der Waals surface area (Å²) in [5.41, 5.74) is 2.31. The first-order valence-electron chi connectivity index (χ1n) is 4.14. The summed E-state index contributed by atoms with van der Waals surface area (Å²) in [6, 6.07) is 2.09. The Balaban J connectivity index is 3.12. The van der Waals surface area contributed by atoms with Gasteiger partial charge < -0.3 is 0 Å². The average Bonchev–Trinajstić information content (AvgIpc) is 2.27. The quantitative estimate of drug-likeness (QED) is 0.615. The molecular formula is C11H11NS. The number of hydrogen-bond acceptors (Lipinski definition) is 2. The van der Waals surface area contributed by atoms with Crippen LogP contribution < -0.4 is 9.75 Å². The molecule has 0 amide bonds. The van der Waals surface area contributed by atoms with Crippen LogP contribution in [0.15, 0.2) is 6.07 Å². The van der Waals surface area contributed by atoms with Gasteiger partial charge in [-0.1, -0.05) is 13.2 Å². The van der Waals surface area contributed by atoms with Crippen LogP contribution in [-0.2, 0) is 0 Å². The third kappa shape index (κ3) is 1.18. The minimum Gasteiger partial charge on any atom is -0.242 e. The molecule has 1 nitrogen and oxygen atoms in total. The largest absolute Gasteiger partial charge is 0.242 e. The van der Waals surface area contributed by atoms with E-state index in [4.69, 9.17) is 0 Å². The van der Waals surface area contributed by atoms with E-state index in [-0.39, 0.29) is 0 Å². The maximum atomic E-state index is 4.46. The number of aromatic nitrogens is 1. The van der Waals surface area contributed by atoms with E-state index in [9.17, 15) is 0 Å². The van der Waals surface area contributed by atoms with Crippen LogP contribution in [0.3, 0.4) is 0 Å². The van der Waals surface area contributed by atoms with Crippen molar-refractivity contribution in [2.75, 3.05) is 0 Å². The highest BCUT2D eigenvalue weighted by Gasteiger charge is 2.03. The second-order valence-corrected chi connectivity index (χ2v) is 4.35. The molecule has 13 heavy (non-hydrogen) atoms. The standard InChI is InChI=1S/C11H11NS/c1-6-5-7(2)12-11-10(6)8(3)9(4)13-11/h5H,3-4H2,1-2H3. The molecule has 0 atom stereocenters.